The second kappa shape index (κ2) is 5.57. The van der Waals surface area contributed by atoms with Crippen molar-refractivity contribution in [1.29, 1.82) is 0 Å². The minimum atomic E-state index is -0.902. The molecule has 0 saturated carbocycles. The third-order valence-corrected chi connectivity index (χ3v) is 5.42. The summed E-state index contributed by atoms with van der Waals surface area (Å²) in [5.41, 5.74) is 1.97. The molecule has 0 aromatic carbocycles. The molecule has 1 N–H and O–H groups in total. The quantitative estimate of drug-likeness (QED) is 0.823. The van der Waals surface area contributed by atoms with Crippen molar-refractivity contribution in [3.8, 4) is 0 Å². The molecule has 3 heterocycles. The van der Waals surface area contributed by atoms with E-state index in [1.54, 1.807) is 30.5 Å². The molecular formula is C17H25N5O3. The lowest BCUT2D eigenvalue weighted by molar-refractivity contribution is -0.131. The first-order valence-electron chi connectivity index (χ1n) is 8.44. The molecule has 0 unspecified atom stereocenters. The Hall–Kier alpha value is -2.38. The van der Waals surface area contributed by atoms with Gasteiger partial charge in [0.1, 0.15) is 5.54 Å². The lowest BCUT2D eigenvalue weighted by Gasteiger charge is -2.28. The van der Waals surface area contributed by atoms with Gasteiger partial charge in [0, 0.05) is 44.2 Å². The second-order valence-corrected chi connectivity index (χ2v) is 7.59. The molecule has 1 aromatic heterocycles. The minimum absolute atomic E-state index is 0.0176. The zero-order valence-electron chi connectivity index (χ0n) is 15.6. The lowest BCUT2D eigenvalue weighted by atomic mass is 9.91. The van der Waals surface area contributed by atoms with Gasteiger partial charge in [-0.15, -0.1) is 0 Å². The Labute approximate surface area is 147 Å². The molecule has 4 amide bonds. The van der Waals surface area contributed by atoms with Crippen LogP contribution < -0.4 is 5.32 Å². The Morgan fingerprint density at radius 1 is 1.20 bits per heavy atom. The molecule has 1 aromatic rings. The topological polar surface area (TPSA) is 87.5 Å². The maximum Gasteiger partial charge on any atom is 0.325 e. The average molecular weight is 347 g/mol. The number of urea groups is 1. The summed E-state index contributed by atoms with van der Waals surface area (Å²) in [6.07, 6.45) is 0.312. The highest BCUT2D eigenvalue weighted by Crippen LogP contribution is 2.40. The number of aryl methyl sites for hydroxylation is 2. The number of carbonyl (C=O) groups excluding carboxylic acids is 3. The van der Waals surface area contributed by atoms with E-state index >= 15 is 0 Å². The smallest absolute Gasteiger partial charge is 0.325 e. The highest BCUT2D eigenvalue weighted by Gasteiger charge is 2.48. The van der Waals surface area contributed by atoms with Gasteiger partial charge in [-0.3, -0.25) is 19.2 Å². The SMILES string of the molecule is Cc1nn(C)c(C)c1[C@H]1[C@H](CN2C(=O)NC(C)(C)C2=O)CC(=O)N1C. The van der Waals surface area contributed by atoms with Crippen LogP contribution >= 0.6 is 0 Å². The summed E-state index contributed by atoms with van der Waals surface area (Å²) < 4.78 is 1.80. The molecule has 2 aliphatic heterocycles. The molecule has 136 valence electrons. The van der Waals surface area contributed by atoms with E-state index in [0.717, 1.165) is 17.0 Å². The number of hydrogen-bond donors (Lipinski definition) is 1. The molecule has 2 fully saturated rings. The van der Waals surface area contributed by atoms with Crippen LogP contribution in [0.1, 0.15) is 43.3 Å². The van der Waals surface area contributed by atoms with E-state index in [0.29, 0.717) is 6.42 Å². The van der Waals surface area contributed by atoms with Crippen LogP contribution in [0.4, 0.5) is 4.79 Å². The van der Waals surface area contributed by atoms with Crippen molar-refractivity contribution in [2.45, 2.75) is 45.7 Å². The summed E-state index contributed by atoms with van der Waals surface area (Å²) in [6.45, 7) is 7.49. The first-order chi connectivity index (χ1) is 11.5. The Kier molecular flexibility index (Phi) is 3.89. The summed E-state index contributed by atoms with van der Waals surface area (Å²) >= 11 is 0. The number of amides is 4. The fraction of sp³-hybridized carbons (Fsp3) is 0.647. The number of carbonyl (C=O) groups is 3. The minimum Gasteiger partial charge on any atom is -0.338 e. The normalized spacial score (nSPS) is 25.9. The van der Waals surface area contributed by atoms with Gasteiger partial charge in [0.15, 0.2) is 0 Å². The molecule has 0 spiro atoms. The van der Waals surface area contributed by atoms with E-state index in [9.17, 15) is 14.4 Å². The summed E-state index contributed by atoms with van der Waals surface area (Å²) in [7, 11) is 3.65. The molecule has 8 heteroatoms. The van der Waals surface area contributed by atoms with Crippen LogP contribution in [0.25, 0.3) is 0 Å². The lowest BCUT2D eigenvalue weighted by Crippen LogP contribution is -2.41. The van der Waals surface area contributed by atoms with Crippen molar-refractivity contribution in [2.75, 3.05) is 13.6 Å². The Morgan fingerprint density at radius 3 is 2.32 bits per heavy atom. The molecule has 8 nitrogen and oxygen atoms in total. The first kappa shape index (κ1) is 17.4. The second-order valence-electron chi connectivity index (χ2n) is 7.59. The summed E-state index contributed by atoms with van der Waals surface area (Å²) in [5.74, 6) is -0.385. The number of nitrogens with zero attached hydrogens (tertiary/aromatic N) is 4. The molecule has 2 atom stereocenters. The van der Waals surface area contributed by atoms with Crippen molar-refractivity contribution in [3.63, 3.8) is 0 Å². The zero-order chi connectivity index (χ0) is 18.7. The maximum absolute atomic E-state index is 12.5. The molecule has 2 saturated heterocycles. The van der Waals surface area contributed by atoms with Gasteiger partial charge < -0.3 is 10.2 Å². The highest BCUT2D eigenvalue weighted by atomic mass is 16.2. The summed E-state index contributed by atoms with van der Waals surface area (Å²) in [5, 5.41) is 7.15. The number of hydrogen-bond acceptors (Lipinski definition) is 4. The van der Waals surface area contributed by atoms with Gasteiger partial charge in [0.25, 0.3) is 5.91 Å². The van der Waals surface area contributed by atoms with Crippen molar-refractivity contribution in [1.82, 2.24) is 24.9 Å². The molecule has 2 aliphatic rings. The van der Waals surface area contributed by atoms with Crippen molar-refractivity contribution >= 4 is 17.8 Å². The van der Waals surface area contributed by atoms with E-state index in [1.165, 1.54) is 4.90 Å². The highest BCUT2D eigenvalue weighted by molar-refractivity contribution is 6.06. The van der Waals surface area contributed by atoms with Gasteiger partial charge in [-0.1, -0.05) is 0 Å². The predicted octanol–water partition coefficient (Wildman–Crippen LogP) is 0.887. The molecule has 3 rings (SSSR count). The van der Waals surface area contributed by atoms with E-state index in [2.05, 4.69) is 10.4 Å². The fourth-order valence-corrected chi connectivity index (χ4v) is 3.98. The molecular weight excluding hydrogens is 322 g/mol. The van der Waals surface area contributed by atoms with Crippen LogP contribution in [-0.2, 0) is 16.6 Å². The van der Waals surface area contributed by atoms with Crippen LogP contribution in [0.2, 0.25) is 0 Å². The number of likely N-dealkylation sites (tertiary alicyclic amines) is 1. The van der Waals surface area contributed by atoms with Crippen LogP contribution in [0, 0.1) is 19.8 Å². The third-order valence-electron chi connectivity index (χ3n) is 5.42. The van der Waals surface area contributed by atoms with E-state index < -0.39 is 11.6 Å². The van der Waals surface area contributed by atoms with Gasteiger partial charge in [0.05, 0.1) is 11.7 Å². The monoisotopic (exact) mass is 347 g/mol. The predicted molar refractivity (Wildman–Crippen MR) is 90.6 cm³/mol. The van der Waals surface area contributed by atoms with Crippen LogP contribution in [0.5, 0.6) is 0 Å². The Morgan fingerprint density at radius 2 is 1.84 bits per heavy atom. The van der Waals surface area contributed by atoms with E-state index in [1.807, 2.05) is 20.9 Å². The maximum atomic E-state index is 12.5. The zero-order valence-corrected chi connectivity index (χ0v) is 15.6. The Balaban J connectivity index is 1.94. The van der Waals surface area contributed by atoms with Crippen LogP contribution in [0.3, 0.4) is 0 Å². The third kappa shape index (κ3) is 2.60. The number of aromatic nitrogens is 2. The summed E-state index contributed by atoms with van der Waals surface area (Å²) in [6, 6.07) is -0.583. The molecule has 0 aliphatic carbocycles. The van der Waals surface area contributed by atoms with E-state index in [-0.39, 0.29) is 30.3 Å². The fourth-order valence-electron chi connectivity index (χ4n) is 3.98. The van der Waals surface area contributed by atoms with Gasteiger partial charge >= 0.3 is 6.03 Å². The summed E-state index contributed by atoms with van der Waals surface area (Å²) in [4.78, 5) is 40.0. The molecule has 0 bridgehead atoms. The first-order valence-corrected chi connectivity index (χ1v) is 8.44. The number of rotatable bonds is 3. The van der Waals surface area contributed by atoms with Gasteiger partial charge in [0.2, 0.25) is 5.91 Å². The van der Waals surface area contributed by atoms with Gasteiger partial charge in [-0.25, -0.2) is 4.79 Å². The van der Waals surface area contributed by atoms with E-state index in [4.69, 9.17) is 0 Å². The van der Waals surface area contributed by atoms with Crippen molar-refractivity contribution in [3.05, 3.63) is 17.0 Å². The largest absolute Gasteiger partial charge is 0.338 e. The van der Waals surface area contributed by atoms with Crippen LogP contribution in [0.15, 0.2) is 0 Å². The van der Waals surface area contributed by atoms with Gasteiger partial charge in [-0.2, -0.15) is 5.10 Å². The molecule has 0 radical (unpaired) electrons. The average Bonchev–Trinajstić information content (AvgIpc) is 2.99. The van der Waals surface area contributed by atoms with Crippen molar-refractivity contribution in [2.24, 2.45) is 13.0 Å². The molecule has 25 heavy (non-hydrogen) atoms. The number of nitrogens with one attached hydrogen (secondary N) is 1. The van der Waals surface area contributed by atoms with Crippen LogP contribution in [-0.4, -0.2) is 56.6 Å². The van der Waals surface area contributed by atoms with Crippen molar-refractivity contribution < 1.29 is 14.4 Å². The van der Waals surface area contributed by atoms with Gasteiger partial charge in [-0.05, 0) is 27.7 Å². The number of imide groups is 1. The Bertz CT molecular complexity index is 767. The standard InChI is InChI=1S/C17H25N5O3/c1-9-13(10(2)21(6)19-9)14-11(7-12(23)20(14)5)8-22-15(24)17(3,4)18-16(22)25/h11,14H,7-8H2,1-6H3,(H,18,25)/t11-,14+/m0/s1.